The van der Waals surface area contributed by atoms with Crippen LogP contribution in [-0.2, 0) is 11.3 Å². The Morgan fingerprint density at radius 1 is 1.55 bits per heavy atom. The first-order chi connectivity index (χ1) is 5.14. The third kappa shape index (κ3) is 2.35. The summed E-state index contributed by atoms with van der Waals surface area (Å²) in [6.07, 6.45) is 3.70. The molecule has 0 bridgehead atoms. The summed E-state index contributed by atoms with van der Waals surface area (Å²) < 4.78 is 7.11. The predicted molar refractivity (Wildman–Crippen MR) is 43.3 cm³/mol. The van der Waals surface area contributed by atoms with Crippen LogP contribution in [0.15, 0.2) is 18.5 Å². The SMILES string of the molecule is COC(C)(C)Cn1cccn1. The molecule has 0 saturated heterocycles. The van der Waals surface area contributed by atoms with Crippen molar-refractivity contribution in [3.05, 3.63) is 18.5 Å². The highest BCUT2D eigenvalue weighted by Gasteiger charge is 2.16. The van der Waals surface area contributed by atoms with E-state index in [1.807, 2.05) is 30.8 Å². The average Bonchev–Trinajstić information content (AvgIpc) is 2.39. The van der Waals surface area contributed by atoms with Gasteiger partial charge >= 0.3 is 0 Å². The first kappa shape index (κ1) is 8.27. The zero-order valence-electron chi connectivity index (χ0n) is 7.24. The van der Waals surface area contributed by atoms with E-state index < -0.39 is 0 Å². The molecule has 62 valence electrons. The average molecular weight is 154 g/mol. The van der Waals surface area contributed by atoms with Gasteiger partial charge in [-0.1, -0.05) is 0 Å². The summed E-state index contributed by atoms with van der Waals surface area (Å²) in [4.78, 5) is 0. The van der Waals surface area contributed by atoms with Gasteiger partial charge in [0, 0.05) is 19.5 Å². The largest absolute Gasteiger partial charge is 0.377 e. The Kier molecular flexibility index (Phi) is 2.29. The predicted octanol–water partition coefficient (Wildman–Crippen LogP) is 1.31. The molecule has 0 aliphatic heterocycles. The summed E-state index contributed by atoms with van der Waals surface area (Å²) in [5.74, 6) is 0. The summed E-state index contributed by atoms with van der Waals surface area (Å²) in [6.45, 7) is 4.86. The van der Waals surface area contributed by atoms with Gasteiger partial charge in [0.2, 0.25) is 0 Å². The molecule has 0 aromatic carbocycles. The molecule has 1 aromatic rings. The van der Waals surface area contributed by atoms with Gasteiger partial charge in [-0.2, -0.15) is 5.10 Å². The van der Waals surface area contributed by atoms with Crippen molar-refractivity contribution in [3.8, 4) is 0 Å². The van der Waals surface area contributed by atoms with Crippen LogP contribution in [0.2, 0.25) is 0 Å². The van der Waals surface area contributed by atoms with Crippen LogP contribution in [0.5, 0.6) is 0 Å². The van der Waals surface area contributed by atoms with E-state index in [1.54, 1.807) is 13.3 Å². The van der Waals surface area contributed by atoms with Crippen molar-refractivity contribution < 1.29 is 4.74 Å². The molecule has 0 atom stereocenters. The van der Waals surface area contributed by atoms with E-state index in [0.29, 0.717) is 0 Å². The molecule has 11 heavy (non-hydrogen) atoms. The van der Waals surface area contributed by atoms with Crippen molar-refractivity contribution in [2.45, 2.75) is 26.0 Å². The van der Waals surface area contributed by atoms with Crippen LogP contribution in [-0.4, -0.2) is 22.5 Å². The number of methoxy groups -OCH3 is 1. The van der Waals surface area contributed by atoms with Crippen LogP contribution < -0.4 is 0 Å². The molecule has 0 spiro atoms. The van der Waals surface area contributed by atoms with Crippen molar-refractivity contribution in [1.82, 2.24) is 9.78 Å². The molecule has 0 unspecified atom stereocenters. The van der Waals surface area contributed by atoms with E-state index in [-0.39, 0.29) is 5.60 Å². The van der Waals surface area contributed by atoms with Crippen molar-refractivity contribution >= 4 is 0 Å². The second-order valence-corrected chi connectivity index (χ2v) is 3.17. The van der Waals surface area contributed by atoms with Gasteiger partial charge in [0.1, 0.15) is 0 Å². The maximum Gasteiger partial charge on any atom is 0.0817 e. The van der Waals surface area contributed by atoms with E-state index in [4.69, 9.17) is 4.74 Å². The van der Waals surface area contributed by atoms with Gasteiger partial charge in [0.15, 0.2) is 0 Å². The Bertz CT molecular complexity index is 204. The van der Waals surface area contributed by atoms with Gasteiger partial charge in [0.25, 0.3) is 0 Å². The maximum absolute atomic E-state index is 5.25. The zero-order valence-corrected chi connectivity index (χ0v) is 7.24. The van der Waals surface area contributed by atoms with Crippen molar-refractivity contribution in [3.63, 3.8) is 0 Å². The lowest BCUT2D eigenvalue weighted by Crippen LogP contribution is -2.29. The van der Waals surface area contributed by atoms with E-state index >= 15 is 0 Å². The van der Waals surface area contributed by atoms with Crippen molar-refractivity contribution in [1.29, 1.82) is 0 Å². The molecule has 1 aromatic heterocycles. The molecular formula is C8H14N2O. The van der Waals surface area contributed by atoms with Crippen LogP contribution in [0.1, 0.15) is 13.8 Å². The third-order valence-electron chi connectivity index (χ3n) is 1.65. The standard InChI is InChI=1S/C8H14N2O/c1-8(2,11-3)7-10-6-4-5-9-10/h4-6H,7H2,1-3H3. The summed E-state index contributed by atoms with van der Waals surface area (Å²) in [5.41, 5.74) is -0.133. The van der Waals surface area contributed by atoms with E-state index in [0.717, 1.165) is 6.54 Å². The lowest BCUT2D eigenvalue weighted by Gasteiger charge is -2.22. The highest BCUT2D eigenvalue weighted by molar-refractivity contribution is 4.80. The minimum Gasteiger partial charge on any atom is -0.377 e. The fraction of sp³-hybridized carbons (Fsp3) is 0.625. The number of nitrogens with zero attached hydrogens (tertiary/aromatic N) is 2. The number of rotatable bonds is 3. The Morgan fingerprint density at radius 2 is 2.27 bits per heavy atom. The topological polar surface area (TPSA) is 27.1 Å². The maximum atomic E-state index is 5.25. The lowest BCUT2D eigenvalue weighted by molar-refractivity contribution is 0.00542. The second-order valence-electron chi connectivity index (χ2n) is 3.17. The fourth-order valence-corrected chi connectivity index (χ4v) is 0.849. The number of ether oxygens (including phenoxy) is 1. The van der Waals surface area contributed by atoms with Gasteiger partial charge in [0.05, 0.1) is 12.1 Å². The van der Waals surface area contributed by atoms with Crippen LogP contribution >= 0.6 is 0 Å². The van der Waals surface area contributed by atoms with Crippen LogP contribution in [0.4, 0.5) is 0 Å². The lowest BCUT2D eigenvalue weighted by atomic mass is 10.1. The number of hydrogen-bond donors (Lipinski definition) is 0. The summed E-state index contributed by atoms with van der Waals surface area (Å²) in [7, 11) is 1.71. The Labute approximate surface area is 67.0 Å². The van der Waals surface area contributed by atoms with Gasteiger partial charge < -0.3 is 4.74 Å². The number of aromatic nitrogens is 2. The van der Waals surface area contributed by atoms with Gasteiger partial charge in [-0.15, -0.1) is 0 Å². The summed E-state index contributed by atoms with van der Waals surface area (Å²) >= 11 is 0. The minimum absolute atomic E-state index is 0.133. The Balaban J connectivity index is 2.56. The van der Waals surface area contributed by atoms with Gasteiger partial charge in [-0.25, -0.2) is 0 Å². The molecule has 3 nitrogen and oxygen atoms in total. The summed E-state index contributed by atoms with van der Waals surface area (Å²) in [5, 5.41) is 4.09. The van der Waals surface area contributed by atoms with Gasteiger partial charge in [-0.05, 0) is 19.9 Å². The summed E-state index contributed by atoms with van der Waals surface area (Å²) in [6, 6.07) is 1.91. The molecule has 3 heteroatoms. The van der Waals surface area contributed by atoms with E-state index in [1.165, 1.54) is 0 Å². The van der Waals surface area contributed by atoms with E-state index in [2.05, 4.69) is 5.10 Å². The molecule has 0 aliphatic carbocycles. The quantitative estimate of drug-likeness (QED) is 0.656. The Morgan fingerprint density at radius 3 is 2.73 bits per heavy atom. The van der Waals surface area contributed by atoms with E-state index in [9.17, 15) is 0 Å². The monoisotopic (exact) mass is 154 g/mol. The molecular weight excluding hydrogens is 140 g/mol. The molecule has 0 aliphatic rings. The van der Waals surface area contributed by atoms with Crippen molar-refractivity contribution in [2.75, 3.05) is 7.11 Å². The zero-order chi connectivity index (χ0) is 8.32. The first-order valence-electron chi connectivity index (χ1n) is 3.67. The first-order valence-corrected chi connectivity index (χ1v) is 3.67. The third-order valence-corrected chi connectivity index (χ3v) is 1.65. The molecule has 0 saturated carbocycles. The van der Waals surface area contributed by atoms with Crippen LogP contribution in [0.25, 0.3) is 0 Å². The normalized spacial score (nSPS) is 11.9. The second kappa shape index (κ2) is 3.05. The molecule has 0 amide bonds. The number of hydrogen-bond acceptors (Lipinski definition) is 2. The molecule has 0 fully saturated rings. The molecule has 0 N–H and O–H groups in total. The van der Waals surface area contributed by atoms with Crippen LogP contribution in [0, 0.1) is 0 Å². The molecule has 1 heterocycles. The van der Waals surface area contributed by atoms with Gasteiger partial charge in [-0.3, -0.25) is 4.68 Å². The minimum atomic E-state index is -0.133. The molecule has 0 radical (unpaired) electrons. The fourth-order valence-electron chi connectivity index (χ4n) is 0.849. The highest BCUT2D eigenvalue weighted by Crippen LogP contribution is 2.09. The van der Waals surface area contributed by atoms with Crippen molar-refractivity contribution in [2.24, 2.45) is 0 Å². The highest BCUT2D eigenvalue weighted by atomic mass is 16.5. The Hall–Kier alpha value is -0.830. The molecule has 1 rings (SSSR count). The smallest absolute Gasteiger partial charge is 0.0817 e. The van der Waals surface area contributed by atoms with Crippen LogP contribution in [0.3, 0.4) is 0 Å².